The quantitative estimate of drug-likeness (QED) is 0.761. The lowest BCUT2D eigenvalue weighted by Crippen LogP contribution is -2.56. The van der Waals surface area contributed by atoms with Crippen molar-refractivity contribution >= 4 is 12.0 Å². The van der Waals surface area contributed by atoms with E-state index in [2.05, 4.69) is 12.2 Å². The topological polar surface area (TPSA) is 69.6 Å². The molecule has 1 fully saturated rings. The summed E-state index contributed by atoms with van der Waals surface area (Å²) in [5.74, 6) is -0.482. The summed E-state index contributed by atoms with van der Waals surface area (Å²) in [4.78, 5) is 24.3. The van der Waals surface area contributed by atoms with Gasteiger partial charge in [0.25, 0.3) is 0 Å². The van der Waals surface area contributed by atoms with E-state index >= 15 is 0 Å². The molecule has 0 spiro atoms. The lowest BCUT2D eigenvalue weighted by Gasteiger charge is -2.34. The Kier molecular flexibility index (Phi) is 3.45. The zero-order valence-electron chi connectivity index (χ0n) is 10.3. The van der Waals surface area contributed by atoms with Crippen molar-refractivity contribution in [2.24, 2.45) is 5.92 Å². The predicted octanol–water partition coefficient (Wildman–Crippen LogP) is 1.29. The minimum absolute atomic E-state index is 0.214. The highest BCUT2D eigenvalue weighted by Crippen LogP contribution is 2.29. The second kappa shape index (κ2) is 4.31. The fourth-order valence-electron chi connectivity index (χ4n) is 1.67. The highest BCUT2D eigenvalue weighted by Gasteiger charge is 2.40. The van der Waals surface area contributed by atoms with Gasteiger partial charge in [-0.05, 0) is 33.1 Å². The molecule has 0 heterocycles. The number of hydrogen-bond acceptors (Lipinski definition) is 2. The maximum Gasteiger partial charge on any atom is 0.329 e. The predicted molar refractivity (Wildman–Crippen MR) is 60.2 cm³/mol. The number of carboxylic acid groups (broad SMARTS) is 1. The van der Waals surface area contributed by atoms with Gasteiger partial charge < -0.3 is 15.3 Å². The smallest absolute Gasteiger partial charge is 0.329 e. The highest BCUT2D eigenvalue weighted by molar-refractivity contribution is 5.85. The van der Waals surface area contributed by atoms with Crippen LogP contribution < -0.4 is 5.32 Å². The fourth-order valence-corrected chi connectivity index (χ4v) is 1.67. The standard InChI is InChI=1S/C11H20N2O3/c1-5-13(11(3,4)9(14)15)10(16)12-8-6-7(8)2/h7-8H,5-6H2,1-4H3,(H,12,16)(H,14,15). The third kappa shape index (κ3) is 2.46. The number of rotatable bonds is 4. The SMILES string of the molecule is CCN(C(=O)NC1CC1C)C(C)(C)C(=O)O. The Balaban J connectivity index is 2.66. The Morgan fingerprint density at radius 3 is 2.31 bits per heavy atom. The molecule has 5 heteroatoms. The number of nitrogens with zero attached hydrogens (tertiary/aromatic N) is 1. The van der Waals surface area contributed by atoms with Crippen LogP contribution in [-0.2, 0) is 4.79 Å². The molecule has 0 saturated heterocycles. The van der Waals surface area contributed by atoms with E-state index in [1.54, 1.807) is 6.92 Å². The van der Waals surface area contributed by atoms with Crippen molar-refractivity contribution in [1.29, 1.82) is 0 Å². The molecular formula is C11H20N2O3. The molecule has 0 radical (unpaired) electrons. The van der Waals surface area contributed by atoms with Gasteiger partial charge in [0.1, 0.15) is 5.54 Å². The average Bonchev–Trinajstić information content (AvgIpc) is 2.81. The van der Waals surface area contributed by atoms with Gasteiger partial charge in [-0.2, -0.15) is 0 Å². The van der Waals surface area contributed by atoms with E-state index in [4.69, 9.17) is 5.11 Å². The van der Waals surface area contributed by atoms with Gasteiger partial charge in [0.05, 0.1) is 0 Å². The molecule has 2 unspecified atom stereocenters. The van der Waals surface area contributed by atoms with Gasteiger partial charge in [-0.25, -0.2) is 9.59 Å². The largest absolute Gasteiger partial charge is 0.480 e. The van der Waals surface area contributed by atoms with E-state index in [0.717, 1.165) is 6.42 Å². The van der Waals surface area contributed by atoms with E-state index in [1.165, 1.54) is 18.7 Å². The normalized spacial score (nSPS) is 23.8. The molecule has 0 aromatic carbocycles. The van der Waals surface area contributed by atoms with Gasteiger partial charge in [-0.1, -0.05) is 6.92 Å². The van der Waals surface area contributed by atoms with E-state index in [1.807, 2.05) is 0 Å². The number of carbonyl (C=O) groups excluding carboxylic acids is 1. The van der Waals surface area contributed by atoms with Crippen LogP contribution in [0.4, 0.5) is 4.79 Å². The van der Waals surface area contributed by atoms with Gasteiger partial charge in [0.15, 0.2) is 0 Å². The van der Waals surface area contributed by atoms with Crippen molar-refractivity contribution in [2.45, 2.75) is 45.7 Å². The third-order valence-electron chi connectivity index (χ3n) is 3.18. The molecule has 92 valence electrons. The molecule has 1 saturated carbocycles. The Bertz CT molecular complexity index is 302. The molecule has 2 N–H and O–H groups in total. The maximum absolute atomic E-state index is 11.9. The molecule has 1 aliphatic rings. The lowest BCUT2D eigenvalue weighted by molar-refractivity contribution is -0.147. The number of likely N-dealkylation sites (N-methyl/N-ethyl adjacent to an activating group) is 1. The molecule has 5 nitrogen and oxygen atoms in total. The van der Waals surface area contributed by atoms with E-state index in [9.17, 15) is 9.59 Å². The summed E-state index contributed by atoms with van der Waals surface area (Å²) in [6.07, 6.45) is 0.983. The molecule has 0 bridgehead atoms. The number of carboxylic acids is 1. The van der Waals surface area contributed by atoms with Crippen LogP contribution in [0.3, 0.4) is 0 Å². The van der Waals surface area contributed by atoms with Crippen molar-refractivity contribution in [1.82, 2.24) is 10.2 Å². The number of urea groups is 1. The number of hydrogen-bond donors (Lipinski definition) is 2. The fraction of sp³-hybridized carbons (Fsp3) is 0.818. The summed E-state index contributed by atoms with van der Waals surface area (Å²) >= 11 is 0. The molecule has 16 heavy (non-hydrogen) atoms. The van der Waals surface area contributed by atoms with Crippen LogP contribution in [0, 0.1) is 5.92 Å². The van der Waals surface area contributed by atoms with Crippen molar-refractivity contribution in [2.75, 3.05) is 6.54 Å². The van der Waals surface area contributed by atoms with Crippen molar-refractivity contribution in [3.05, 3.63) is 0 Å². The van der Waals surface area contributed by atoms with Crippen molar-refractivity contribution in [3.8, 4) is 0 Å². The summed E-state index contributed by atoms with van der Waals surface area (Å²) in [5, 5.41) is 11.9. The Morgan fingerprint density at radius 2 is 2.00 bits per heavy atom. The van der Waals surface area contributed by atoms with E-state index in [-0.39, 0.29) is 12.1 Å². The molecule has 2 atom stereocenters. The summed E-state index contributed by atoms with van der Waals surface area (Å²) in [6, 6.07) is -0.0737. The van der Waals surface area contributed by atoms with Crippen molar-refractivity contribution in [3.63, 3.8) is 0 Å². The second-order valence-electron chi connectivity index (χ2n) is 4.88. The third-order valence-corrected chi connectivity index (χ3v) is 3.18. The number of carbonyl (C=O) groups is 2. The van der Waals surface area contributed by atoms with Crippen molar-refractivity contribution < 1.29 is 14.7 Å². The first-order valence-corrected chi connectivity index (χ1v) is 5.62. The molecule has 0 aliphatic heterocycles. The van der Waals surface area contributed by atoms with Crippen LogP contribution in [0.15, 0.2) is 0 Å². The molecular weight excluding hydrogens is 208 g/mol. The number of aliphatic carboxylic acids is 1. The second-order valence-corrected chi connectivity index (χ2v) is 4.88. The first kappa shape index (κ1) is 12.8. The van der Waals surface area contributed by atoms with Crippen LogP contribution >= 0.6 is 0 Å². The molecule has 0 aromatic rings. The lowest BCUT2D eigenvalue weighted by atomic mass is 10.0. The molecule has 1 rings (SSSR count). The highest BCUT2D eigenvalue weighted by atomic mass is 16.4. The zero-order valence-corrected chi connectivity index (χ0v) is 10.3. The Labute approximate surface area is 95.8 Å². The van der Waals surface area contributed by atoms with E-state index in [0.29, 0.717) is 12.5 Å². The zero-order chi connectivity index (χ0) is 12.5. The number of amides is 2. The Hall–Kier alpha value is -1.26. The van der Waals surface area contributed by atoms with Crippen LogP contribution in [0.5, 0.6) is 0 Å². The van der Waals surface area contributed by atoms with Gasteiger partial charge in [0.2, 0.25) is 0 Å². The van der Waals surface area contributed by atoms with E-state index < -0.39 is 11.5 Å². The molecule has 1 aliphatic carbocycles. The minimum atomic E-state index is -1.17. The summed E-state index contributed by atoms with van der Waals surface area (Å²) in [5.41, 5.74) is -1.17. The molecule has 2 amide bonds. The first-order valence-electron chi connectivity index (χ1n) is 5.62. The first-order chi connectivity index (χ1) is 7.30. The Morgan fingerprint density at radius 1 is 1.50 bits per heavy atom. The van der Waals surface area contributed by atoms with Crippen LogP contribution in [0.25, 0.3) is 0 Å². The van der Waals surface area contributed by atoms with Crippen LogP contribution in [0.1, 0.15) is 34.1 Å². The monoisotopic (exact) mass is 228 g/mol. The summed E-state index contributed by atoms with van der Waals surface area (Å²) < 4.78 is 0. The molecule has 0 aromatic heterocycles. The minimum Gasteiger partial charge on any atom is -0.480 e. The average molecular weight is 228 g/mol. The van der Waals surface area contributed by atoms with Crippen LogP contribution in [0.2, 0.25) is 0 Å². The van der Waals surface area contributed by atoms with Gasteiger partial charge in [-0.15, -0.1) is 0 Å². The summed E-state index contributed by atoms with van der Waals surface area (Å²) in [6.45, 7) is 7.29. The van der Waals surface area contributed by atoms with Gasteiger partial charge >= 0.3 is 12.0 Å². The van der Waals surface area contributed by atoms with Gasteiger partial charge in [0, 0.05) is 12.6 Å². The maximum atomic E-state index is 11.9. The summed E-state index contributed by atoms with van der Waals surface area (Å²) in [7, 11) is 0. The number of nitrogens with one attached hydrogen (secondary N) is 1. The van der Waals surface area contributed by atoms with Crippen LogP contribution in [-0.4, -0.2) is 40.1 Å². The van der Waals surface area contributed by atoms with Gasteiger partial charge in [-0.3, -0.25) is 0 Å².